The number of cyclic esters (lactones) is 1. The second kappa shape index (κ2) is 7.62. The summed E-state index contributed by atoms with van der Waals surface area (Å²) in [7, 11) is 0. The third kappa shape index (κ3) is 4.70. The van der Waals surface area contributed by atoms with Crippen LogP contribution in [0.2, 0.25) is 0 Å². The van der Waals surface area contributed by atoms with Crippen LogP contribution in [0.15, 0.2) is 30.3 Å². The fraction of sp³-hybridized carbons (Fsp3) is 0.438. The minimum Gasteiger partial charge on any atom is -0.463 e. The van der Waals surface area contributed by atoms with Crippen molar-refractivity contribution in [3.8, 4) is 0 Å². The summed E-state index contributed by atoms with van der Waals surface area (Å²) in [5, 5.41) is 5.21. The van der Waals surface area contributed by atoms with Crippen LogP contribution in [0.1, 0.15) is 20.3 Å². The van der Waals surface area contributed by atoms with Gasteiger partial charge in [-0.2, -0.15) is 0 Å². The standard InChI is InChI=1S/C16H20N2O5/c1-10(2)13(15(20)23-12-8-9-22-14(12)19)18-16(21)17-11-6-4-3-5-7-11/h3-7,10,12-13H,8-9H2,1-2H3,(H2,17,18,21)/t12-,13+/m1/s1. The van der Waals surface area contributed by atoms with E-state index in [4.69, 9.17) is 9.47 Å². The molecule has 2 rings (SSSR count). The van der Waals surface area contributed by atoms with Gasteiger partial charge in [0.1, 0.15) is 6.04 Å². The molecule has 0 saturated carbocycles. The zero-order chi connectivity index (χ0) is 16.8. The number of carbonyl (C=O) groups is 3. The molecule has 2 amide bonds. The highest BCUT2D eigenvalue weighted by atomic mass is 16.6. The number of rotatable bonds is 5. The van der Waals surface area contributed by atoms with Crippen molar-refractivity contribution in [1.29, 1.82) is 0 Å². The van der Waals surface area contributed by atoms with Crippen LogP contribution >= 0.6 is 0 Å². The molecule has 0 bridgehead atoms. The molecule has 124 valence electrons. The van der Waals surface area contributed by atoms with Crippen LogP contribution in [0.4, 0.5) is 10.5 Å². The number of hydrogen-bond donors (Lipinski definition) is 2. The molecule has 23 heavy (non-hydrogen) atoms. The van der Waals surface area contributed by atoms with E-state index in [0.717, 1.165) is 0 Å². The van der Waals surface area contributed by atoms with E-state index in [-0.39, 0.29) is 12.5 Å². The Labute approximate surface area is 134 Å². The molecular formula is C16H20N2O5. The normalized spacial score (nSPS) is 18.2. The zero-order valence-electron chi connectivity index (χ0n) is 13.1. The lowest BCUT2D eigenvalue weighted by Gasteiger charge is -2.22. The number of nitrogens with one attached hydrogen (secondary N) is 2. The molecule has 0 aromatic heterocycles. The maximum atomic E-state index is 12.2. The van der Waals surface area contributed by atoms with Crippen molar-refractivity contribution in [2.24, 2.45) is 5.92 Å². The largest absolute Gasteiger partial charge is 0.463 e. The number of ether oxygens (including phenoxy) is 2. The average molecular weight is 320 g/mol. The Morgan fingerprint density at radius 2 is 1.96 bits per heavy atom. The number of benzene rings is 1. The summed E-state index contributed by atoms with van der Waals surface area (Å²) in [6.45, 7) is 3.80. The number of para-hydroxylation sites is 1. The van der Waals surface area contributed by atoms with E-state index in [1.807, 2.05) is 6.07 Å². The molecule has 7 nitrogen and oxygen atoms in total. The summed E-state index contributed by atoms with van der Waals surface area (Å²) in [4.78, 5) is 35.6. The topological polar surface area (TPSA) is 93.7 Å². The summed E-state index contributed by atoms with van der Waals surface area (Å²) in [5.74, 6) is -1.39. The SMILES string of the molecule is CC(C)[C@H](NC(=O)Nc1ccccc1)C(=O)O[C@@H]1CCOC1=O. The lowest BCUT2D eigenvalue weighted by atomic mass is 10.0. The molecule has 0 radical (unpaired) electrons. The van der Waals surface area contributed by atoms with Crippen LogP contribution in [0.25, 0.3) is 0 Å². The molecular weight excluding hydrogens is 300 g/mol. The molecule has 1 aliphatic rings. The van der Waals surface area contributed by atoms with Crippen molar-refractivity contribution in [2.75, 3.05) is 11.9 Å². The van der Waals surface area contributed by atoms with Gasteiger partial charge in [0.15, 0.2) is 0 Å². The fourth-order valence-corrected chi connectivity index (χ4v) is 2.13. The molecule has 1 fully saturated rings. The summed E-state index contributed by atoms with van der Waals surface area (Å²) in [6.07, 6.45) is -0.547. The van der Waals surface area contributed by atoms with E-state index in [1.165, 1.54) is 0 Å². The third-order valence-corrected chi connectivity index (χ3v) is 3.38. The number of esters is 2. The Hall–Kier alpha value is -2.57. The van der Waals surface area contributed by atoms with Crippen molar-refractivity contribution in [3.05, 3.63) is 30.3 Å². The van der Waals surface area contributed by atoms with E-state index in [1.54, 1.807) is 38.1 Å². The highest BCUT2D eigenvalue weighted by Crippen LogP contribution is 2.14. The Kier molecular flexibility index (Phi) is 5.56. The van der Waals surface area contributed by atoms with Gasteiger partial charge in [-0.05, 0) is 18.1 Å². The number of amides is 2. The quantitative estimate of drug-likeness (QED) is 0.805. The van der Waals surface area contributed by atoms with Gasteiger partial charge in [0.25, 0.3) is 0 Å². The van der Waals surface area contributed by atoms with Gasteiger partial charge in [-0.15, -0.1) is 0 Å². The zero-order valence-corrected chi connectivity index (χ0v) is 13.1. The maximum Gasteiger partial charge on any atom is 0.347 e. The van der Waals surface area contributed by atoms with Gasteiger partial charge in [0.05, 0.1) is 6.61 Å². The van der Waals surface area contributed by atoms with Gasteiger partial charge < -0.3 is 20.1 Å². The minimum atomic E-state index is -0.886. The van der Waals surface area contributed by atoms with Gasteiger partial charge in [0.2, 0.25) is 6.10 Å². The van der Waals surface area contributed by atoms with E-state index in [2.05, 4.69) is 10.6 Å². The smallest absolute Gasteiger partial charge is 0.347 e. The van der Waals surface area contributed by atoms with Crippen LogP contribution in [0, 0.1) is 5.92 Å². The predicted molar refractivity (Wildman–Crippen MR) is 82.7 cm³/mol. The molecule has 1 aromatic rings. The highest BCUT2D eigenvalue weighted by molar-refractivity contribution is 5.93. The Bertz CT molecular complexity index is 573. The van der Waals surface area contributed by atoms with Crippen molar-refractivity contribution in [1.82, 2.24) is 5.32 Å². The number of urea groups is 1. The van der Waals surface area contributed by atoms with Crippen molar-refractivity contribution in [2.45, 2.75) is 32.4 Å². The second-order valence-electron chi connectivity index (χ2n) is 5.57. The van der Waals surface area contributed by atoms with E-state index < -0.39 is 30.1 Å². The lowest BCUT2D eigenvalue weighted by Crippen LogP contribution is -2.48. The second-order valence-corrected chi connectivity index (χ2v) is 5.57. The predicted octanol–water partition coefficient (Wildman–Crippen LogP) is 1.69. The molecule has 1 aliphatic heterocycles. The van der Waals surface area contributed by atoms with Crippen LogP contribution in [-0.4, -0.2) is 36.7 Å². The molecule has 2 N–H and O–H groups in total. The van der Waals surface area contributed by atoms with Crippen LogP contribution in [0.5, 0.6) is 0 Å². The van der Waals surface area contributed by atoms with E-state index in [0.29, 0.717) is 12.1 Å². The molecule has 1 saturated heterocycles. The first-order valence-corrected chi connectivity index (χ1v) is 7.47. The Morgan fingerprint density at radius 1 is 1.26 bits per heavy atom. The minimum absolute atomic E-state index is 0.193. The average Bonchev–Trinajstić information content (AvgIpc) is 2.90. The molecule has 1 heterocycles. The Balaban J connectivity index is 1.93. The van der Waals surface area contributed by atoms with Gasteiger partial charge in [-0.25, -0.2) is 14.4 Å². The monoisotopic (exact) mass is 320 g/mol. The molecule has 2 atom stereocenters. The molecule has 0 unspecified atom stereocenters. The maximum absolute atomic E-state index is 12.2. The highest BCUT2D eigenvalue weighted by Gasteiger charge is 2.34. The molecule has 0 spiro atoms. The lowest BCUT2D eigenvalue weighted by molar-refractivity contribution is -0.162. The summed E-state index contributed by atoms with van der Waals surface area (Å²) in [5.41, 5.74) is 0.611. The van der Waals surface area contributed by atoms with Gasteiger partial charge >= 0.3 is 18.0 Å². The first kappa shape index (κ1) is 16.8. The van der Waals surface area contributed by atoms with Crippen molar-refractivity contribution < 1.29 is 23.9 Å². The fourth-order valence-electron chi connectivity index (χ4n) is 2.13. The molecule has 0 aliphatic carbocycles. The first-order chi connectivity index (χ1) is 11.0. The van der Waals surface area contributed by atoms with E-state index >= 15 is 0 Å². The third-order valence-electron chi connectivity index (χ3n) is 3.38. The number of carbonyl (C=O) groups excluding carboxylic acids is 3. The molecule has 7 heteroatoms. The van der Waals surface area contributed by atoms with Crippen LogP contribution in [0.3, 0.4) is 0 Å². The summed E-state index contributed by atoms with van der Waals surface area (Å²) < 4.78 is 9.89. The Morgan fingerprint density at radius 3 is 2.52 bits per heavy atom. The number of hydrogen-bond acceptors (Lipinski definition) is 5. The number of anilines is 1. The van der Waals surface area contributed by atoms with Crippen molar-refractivity contribution >= 4 is 23.7 Å². The summed E-state index contributed by atoms with van der Waals surface area (Å²) >= 11 is 0. The van der Waals surface area contributed by atoms with Gasteiger partial charge in [-0.3, -0.25) is 0 Å². The van der Waals surface area contributed by atoms with Gasteiger partial charge in [-0.1, -0.05) is 32.0 Å². The van der Waals surface area contributed by atoms with Crippen molar-refractivity contribution in [3.63, 3.8) is 0 Å². The first-order valence-electron chi connectivity index (χ1n) is 7.47. The van der Waals surface area contributed by atoms with Crippen LogP contribution < -0.4 is 10.6 Å². The van der Waals surface area contributed by atoms with E-state index in [9.17, 15) is 14.4 Å². The van der Waals surface area contributed by atoms with Crippen LogP contribution in [-0.2, 0) is 19.1 Å². The molecule has 1 aromatic carbocycles. The van der Waals surface area contributed by atoms with Gasteiger partial charge in [0, 0.05) is 12.1 Å². The summed E-state index contributed by atoms with van der Waals surface area (Å²) in [6, 6.07) is 7.50.